The van der Waals surface area contributed by atoms with Crippen molar-refractivity contribution < 1.29 is 4.42 Å². The Morgan fingerprint density at radius 1 is 0.395 bits per heavy atom. The van der Waals surface area contributed by atoms with Crippen LogP contribution in [0.4, 0.5) is 5.69 Å². The number of thiophene rings is 2. The molecular weight excluding hydrogens is 1020 g/mol. The van der Waals surface area contributed by atoms with Crippen molar-refractivity contribution in [3.8, 4) is 62.0 Å². The summed E-state index contributed by atoms with van der Waals surface area (Å²) in [5, 5.41) is 23.5. The van der Waals surface area contributed by atoms with Gasteiger partial charge in [-0.1, -0.05) is 194 Å². The van der Waals surface area contributed by atoms with Crippen LogP contribution in [0.5, 0.6) is 0 Å². The zero-order valence-electron chi connectivity index (χ0n) is 43.1. The topological polar surface area (TPSA) is 51.1 Å². The maximum Gasteiger partial charge on any atom is 0.220 e. The molecule has 0 aliphatic rings. The highest BCUT2D eigenvalue weighted by Crippen LogP contribution is 2.55. The van der Waals surface area contributed by atoms with Crippen molar-refractivity contribution in [1.29, 1.82) is 5.26 Å². The standard InChI is InChI=1S/C74H40N4OS2/c1-76-68-65(44-20-7-3-8-21-44)58(42-75)69(78-70-51(34-36-53-50-25-13-16-31-63(50)80-73(53)70)52-35-37-54-57-40-46(43-18-5-2-6-19-43)33-39-64(57)81-74(54)71(52)78)66(45-22-9-4-10-23-45)72(68)77-59-28-14-11-26-55(59)67-48(27-17-29-60(67)77)47-32-38-62-56(41-47)49-24-12-15-30-61(49)79-62/h2-41H. The first-order chi connectivity index (χ1) is 40.1. The molecule has 5 nitrogen and oxygen atoms in total. The Balaban J connectivity index is 1.09. The van der Waals surface area contributed by atoms with Gasteiger partial charge in [0.25, 0.3) is 0 Å². The van der Waals surface area contributed by atoms with Crippen LogP contribution in [-0.2, 0) is 0 Å². The molecule has 0 bridgehead atoms. The molecule has 0 amide bonds. The molecule has 0 radical (unpaired) electrons. The maximum absolute atomic E-state index is 12.4. The molecule has 0 fully saturated rings. The quantitative estimate of drug-likeness (QED) is 0.156. The zero-order chi connectivity index (χ0) is 53.4. The Labute approximate surface area is 471 Å². The highest BCUT2D eigenvalue weighted by atomic mass is 32.1. The van der Waals surface area contributed by atoms with E-state index >= 15 is 0 Å². The number of benzene rings is 12. The number of rotatable bonds is 6. The van der Waals surface area contributed by atoms with E-state index in [0.29, 0.717) is 22.5 Å². The number of hydrogen-bond acceptors (Lipinski definition) is 4. The molecule has 0 saturated carbocycles. The second kappa shape index (κ2) is 17.5. The van der Waals surface area contributed by atoms with Gasteiger partial charge in [-0.2, -0.15) is 5.26 Å². The Morgan fingerprint density at radius 3 is 1.67 bits per heavy atom. The van der Waals surface area contributed by atoms with E-state index in [4.69, 9.17) is 4.42 Å². The number of fused-ring (bicyclic) bond motifs is 17. The number of hydrogen-bond donors (Lipinski definition) is 0. The molecule has 5 heterocycles. The fourth-order valence-electron chi connectivity index (χ4n) is 13.2. The van der Waals surface area contributed by atoms with Gasteiger partial charge in [-0.15, -0.1) is 22.7 Å². The summed E-state index contributed by atoms with van der Waals surface area (Å²) in [5.41, 5.74) is 15.4. The van der Waals surface area contributed by atoms with Gasteiger partial charge in [0.1, 0.15) is 17.2 Å². The van der Waals surface area contributed by atoms with Crippen LogP contribution in [0.3, 0.4) is 0 Å². The Morgan fingerprint density at radius 2 is 0.951 bits per heavy atom. The van der Waals surface area contributed by atoms with E-state index in [0.717, 1.165) is 130 Å². The molecule has 0 aliphatic heterocycles. The maximum atomic E-state index is 12.4. The molecule has 12 aromatic carbocycles. The first kappa shape index (κ1) is 45.5. The van der Waals surface area contributed by atoms with E-state index in [9.17, 15) is 11.8 Å². The average molecular weight is 1070 g/mol. The van der Waals surface area contributed by atoms with Crippen LogP contribution in [0.1, 0.15) is 5.56 Å². The van der Waals surface area contributed by atoms with Crippen molar-refractivity contribution in [3.63, 3.8) is 0 Å². The fraction of sp³-hybridized carbons (Fsp3) is 0. The molecular formula is C74H40N4OS2. The predicted octanol–water partition coefficient (Wildman–Crippen LogP) is 21.6. The first-order valence-corrected chi connectivity index (χ1v) is 28.6. The van der Waals surface area contributed by atoms with Gasteiger partial charge in [-0.25, -0.2) is 4.85 Å². The minimum atomic E-state index is 0.396. The Bertz CT molecular complexity index is 5610. The molecule has 81 heavy (non-hydrogen) atoms. The molecule has 7 heteroatoms. The lowest BCUT2D eigenvalue weighted by atomic mass is 9.88. The number of aromatic nitrogens is 2. The van der Waals surface area contributed by atoms with Crippen LogP contribution in [0.25, 0.3) is 167 Å². The summed E-state index contributed by atoms with van der Waals surface area (Å²) in [4.78, 5) is 4.65. The molecule has 0 N–H and O–H groups in total. The molecule has 0 unspecified atom stereocenters. The van der Waals surface area contributed by atoms with Gasteiger partial charge in [0.05, 0.1) is 55.0 Å². The molecule has 17 aromatic rings. The average Bonchev–Trinajstić information content (AvgIpc) is 3.77. The second-order valence-corrected chi connectivity index (χ2v) is 22.9. The van der Waals surface area contributed by atoms with Crippen LogP contribution in [-0.4, -0.2) is 9.13 Å². The van der Waals surface area contributed by atoms with Gasteiger partial charge in [-0.3, -0.25) is 0 Å². The van der Waals surface area contributed by atoms with Crippen LogP contribution < -0.4 is 0 Å². The van der Waals surface area contributed by atoms with Crippen molar-refractivity contribution in [2.45, 2.75) is 0 Å². The number of para-hydroxylation sites is 2. The van der Waals surface area contributed by atoms with Gasteiger partial charge < -0.3 is 13.6 Å². The third-order valence-electron chi connectivity index (χ3n) is 16.6. The number of nitrogens with zero attached hydrogens (tertiary/aromatic N) is 4. The van der Waals surface area contributed by atoms with E-state index in [2.05, 4.69) is 214 Å². The minimum absolute atomic E-state index is 0.396. The third-order valence-corrected chi connectivity index (χ3v) is 19.0. The molecule has 0 spiro atoms. The molecule has 0 aliphatic carbocycles. The predicted molar refractivity (Wildman–Crippen MR) is 341 cm³/mol. The second-order valence-electron chi connectivity index (χ2n) is 20.8. The summed E-state index contributed by atoms with van der Waals surface area (Å²) in [6.07, 6.45) is 0. The smallest absolute Gasteiger partial charge is 0.220 e. The number of nitriles is 1. The largest absolute Gasteiger partial charge is 0.456 e. The lowest BCUT2D eigenvalue weighted by Gasteiger charge is -2.26. The summed E-state index contributed by atoms with van der Waals surface area (Å²) < 4.78 is 15.8. The van der Waals surface area contributed by atoms with Crippen molar-refractivity contribution in [3.05, 3.63) is 260 Å². The van der Waals surface area contributed by atoms with E-state index in [-0.39, 0.29) is 0 Å². The van der Waals surface area contributed by atoms with Crippen LogP contribution in [0.2, 0.25) is 0 Å². The molecule has 17 rings (SSSR count). The van der Waals surface area contributed by atoms with Crippen LogP contribution >= 0.6 is 22.7 Å². The van der Waals surface area contributed by atoms with Crippen molar-refractivity contribution in [2.24, 2.45) is 0 Å². The van der Waals surface area contributed by atoms with Crippen molar-refractivity contribution in [1.82, 2.24) is 9.13 Å². The van der Waals surface area contributed by atoms with Crippen LogP contribution in [0.15, 0.2) is 247 Å². The van der Waals surface area contributed by atoms with Crippen LogP contribution in [0, 0.1) is 17.9 Å². The van der Waals surface area contributed by atoms with E-state index in [1.165, 1.54) is 20.2 Å². The lowest BCUT2D eigenvalue weighted by Crippen LogP contribution is -2.09. The Kier molecular flexibility index (Phi) is 9.82. The summed E-state index contributed by atoms with van der Waals surface area (Å²) in [6, 6.07) is 88.6. The summed E-state index contributed by atoms with van der Waals surface area (Å²) in [5.74, 6) is 0. The van der Waals surface area contributed by atoms with Crippen molar-refractivity contribution in [2.75, 3.05) is 0 Å². The molecule has 0 atom stereocenters. The first-order valence-electron chi connectivity index (χ1n) is 27.0. The third kappa shape index (κ3) is 6.50. The lowest BCUT2D eigenvalue weighted by molar-refractivity contribution is 0.669. The van der Waals surface area contributed by atoms with Gasteiger partial charge in [0.2, 0.25) is 5.69 Å². The Hall–Kier alpha value is -10.5. The summed E-state index contributed by atoms with van der Waals surface area (Å²) in [7, 11) is 0. The van der Waals surface area contributed by atoms with E-state index in [1.54, 1.807) is 22.7 Å². The summed E-state index contributed by atoms with van der Waals surface area (Å²) >= 11 is 3.60. The highest BCUT2D eigenvalue weighted by Gasteiger charge is 2.33. The van der Waals surface area contributed by atoms with E-state index in [1.807, 2.05) is 48.5 Å². The highest BCUT2D eigenvalue weighted by molar-refractivity contribution is 7.27. The van der Waals surface area contributed by atoms with Gasteiger partial charge >= 0.3 is 0 Å². The van der Waals surface area contributed by atoms with E-state index < -0.39 is 0 Å². The molecule has 0 saturated heterocycles. The molecule has 5 aromatic heterocycles. The molecule has 374 valence electrons. The summed E-state index contributed by atoms with van der Waals surface area (Å²) in [6.45, 7) is 9.54. The van der Waals surface area contributed by atoms with Crippen molar-refractivity contribution >= 4 is 134 Å². The monoisotopic (exact) mass is 1060 g/mol. The SMILES string of the molecule is [C-]#[N+]c1c(-c2ccccc2)c(C#N)c(-n2c3c(ccc4c5ccccc5sc43)c3ccc4c5cc(-c6ccccc6)ccc5sc4c32)c(-c2ccccc2)c1-n1c2ccccc2c2c(-c3ccc4oc5ccccc5c4c3)cccc21. The number of furan rings is 1. The minimum Gasteiger partial charge on any atom is -0.456 e. The van der Waals surface area contributed by atoms with Gasteiger partial charge in [0, 0.05) is 74.4 Å². The van der Waals surface area contributed by atoms with Gasteiger partial charge in [0.15, 0.2) is 0 Å². The normalized spacial score (nSPS) is 11.9. The zero-order valence-corrected chi connectivity index (χ0v) is 44.7. The fourth-order valence-corrected chi connectivity index (χ4v) is 15.6. The van der Waals surface area contributed by atoms with Gasteiger partial charge in [-0.05, 0) is 81.9 Å².